The van der Waals surface area contributed by atoms with Crippen LogP contribution in [0.1, 0.15) is 29.3 Å². The number of carbonyl (C=O) groups excluding carboxylic acids is 1. The van der Waals surface area contributed by atoms with Crippen LogP contribution in [0.4, 0.5) is 0 Å². The van der Waals surface area contributed by atoms with E-state index in [2.05, 4.69) is 17.4 Å². The van der Waals surface area contributed by atoms with Gasteiger partial charge in [0.05, 0.1) is 12.7 Å². The van der Waals surface area contributed by atoms with Gasteiger partial charge in [0.15, 0.2) is 0 Å². The second-order valence-electron chi connectivity index (χ2n) is 2.94. The van der Waals surface area contributed by atoms with Gasteiger partial charge in [0.2, 0.25) is 0 Å². The Morgan fingerprint density at radius 1 is 1.27 bits per heavy atom. The molecule has 0 bridgehead atoms. The fourth-order valence-electron chi connectivity index (χ4n) is 1.21. The van der Waals surface area contributed by atoms with Crippen molar-refractivity contribution < 1.29 is 9.53 Å². The summed E-state index contributed by atoms with van der Waals surface area (Å²) in [5.74, 6) is -0.275. The van der Waals surface area contributed by atoms with E-state index in [1.54, 1.807) is 12.1 Å². The van der Waals surface area contributed by atoms with Gasteiger partial charge in [0.25, 0.3) is 0 Å². The van der Waals surface area contributed by atoms with Gasteiger partial charge >= 0.3 is 5.97 Å². The molecule has 0 aliphatic rings. The van der Waals surface area contributed by atoms with Crippen LogP contribution in [0.2, 0.25) is 0 Å². The summed E-state index contributed by atoms with van der Waals surface area (Å²) in [6, 6.07) is 7.54. The number of esters is 1. The zero-order valence-electron chi connectivity index (χ0n) is 9.62. The summed E-state index contributed by atoms with van der Waals surface area (Å²) >= 11 is 0. The van der Waals surface area contributed by atoms with Crippen molar-refractivity contribution in [1.82, 2.24) is 0 Å². The van der Waals surface area contributed by atoms with Crippen LogP contribution in [0.15, 0.2) is 24.3 Å². The van der Waals surface area contributed by atoms with E-state index in [0.717, 1.165) is 12.8 Å². The van der Waals surface area contributed by atoms with E-state index in [1.807, 2.05) is 12.1 Å². The maximum Gasteiger partial charge on any atom is 0.337 e. The van der Waals surface area contributed by atoms with Gasteiger partial charge in [0, 0.05) is 0 Å². The van der Waals surface area contributed by atoms with Gasteiger partial charge in [-0.2, -0.15) is 0 Å². The molecule has 1 aromatic carbocycles. The van der Waals surface area contributed by atoms with E-state index in [-0.39, 0.29) is 5.97 Å². The van der Waals surface area contributed by atoms with Crippen molar-refractivity contribution in [3.05, 3.63) is 35.4 Å². The van der Waals surface area contributed by atoms with Crippen LogP contribution in [0, 0.1) is 0 Å². The van der Waals surface area contributed by atoms with E-state index in [1.165, 1.54) is 19.7 Å². The Morgan fingerprint density at radius 2 is 1.80 bits per heavy atom. The van der Waals surface area contributed by atoms with Gasteiger partial charge in [-0.3, -0.25) is 0 Å². The lowest BCUT2D eigenvalue weighted by molar-refractivity contribution is 0.0600. The first kappa shape index (κ1) is 13.7. The van der Waals surface area contributed by atoms with E-state index >= 15 is 0 Å². The van der Waals surface area contributed by atoms with Crippen molar-refractivity contribution in [1.29, 1.82) is 0 Å². The van der Waals surface area contributed by atoms with Gasteiger partial charge in [-0.15, -0.1) is 0 Å². The third-order valence-electron chi connectivity index (χ3n) is 1.91. The maximum absolute atomic E-state index is 11.1. The third-order valence-corrected chi connectivity index (χ3v) is 1.91. The molecule has 1 rings (SSSR count). The SMILES string of the molecule is CCCc1ccc(C(=O)OC)cc1.CN. The molecule has 0 heterocycles. The number of methoxy groups -OCH3 is 1. The highest BCUT2D eigenvalue weighted by molar-refractivity contribution is 5.89. The fraction of sp³-hybridized carbons (Fsp3) is 0.417. The van der Waals surface area contributed by atoms with Gasteiger partial charge < -0.3 is 10.5 Å². The number of hydrogen-bond donors (Lipinski definition) is 1. The summed E-state index contributed by atoms with van der Waals surface area (Å²) in [5.41, 5.74) is 6.37. The molecule has 0 amide bonds. The molecular weight excluding hydrogens is 190 g/mol. The number of ether oxygens (including phenoxy) is 1. The first-order chi connectivity index (χ1) is 7.27. The van der Waals surface area contributed by atoms with Gasteiger partial charge in [0.1, 0.15) is 0 Å². The number of carbonyl (C=O) groups is 1. The van der Waals surface area contributed by atoms with Gasteiger partial charge in [-0.05, 0) is 31.2 Å². The normalized spacial score (nSPS) is 8.80. The molecule has 0 spiro atoms. The number of rotatable bonds is 3. The Labute approximate surface area is 91.2 Å². The Morgan fingerprint density at radius 3 is 2.20 bits per heavy atom. The Bertz CT molecular complexity index is 280. The summed E-state index contributed by atoms with van der Waals surface area (Å²) < 4.78 is 4.60. The van der Waals surface area contributed by atoms with Crippen LogP contribution >= 0.6 is 0 Å². The van der Waals surface area contributed by atoms with Crippen LogP contribution in [0.25, 0.3) is 0 Å². The second-order valence-corrected chi connectivity index (χ2v) is 2.94. The highest BCUT2D eigenvalue weighted by Crippen LogP contribution is 2.07. The highest BCUT2D eigenvalue weighted by atomic mass is 16.5. The fourth-order valence-corrected chi connectivity index (χ4v) is 1.21. The molecule has 0 radical (unpaired) electrons. The molecule has 0 aliphatic heterocycles. The minimum absolute atomic E-state index is 0.275. The predicted octanol–water partition coefficient (Wildman–Crippen LogP) is 2.00. The van der Waals surface area contributed by atoms with E-state index in [9.17, 15) is 4.79 Å². The van der Waals surface area contributed by atoms with Gasteiger partial charge in [-0.1, -0.05) is 25.5 Å². The Kier molecular flexibility index (Phi) is 7.28. The van der Waals surface area contributed by atoms with Crippen LogP contribution in [-0.2, 0) is 11.2 Å². The van der Waals surface area contributed by atoms with Gasteiger partial charge in [-0.25, -0.2) is 4.79 Å². The maximum atomic E-state index is 11.1. The minimum Gasteiger partial charge on any atom is -0.465 e. The Hall–Kier alpha value is -1.35. The molecule has 2 N–H and O–H groups in total. The van der Waals surface area contributed by atoms with E-state index in [4.69, 9.17) is 0 Å². The van der Waals surface area contributed by atoms with Crippen LogP contribution < -0.4 is 5.73 Å². The average Bonchev–Trinajstić information content (AvgIpc) is 2.32. The molecule has 0 unspecified atom stereocenters. The molecule has 1 aromatic rings. The number of benzene rings is 1. The Balaban J connectivity index is 0.000000921. The number of nitrogens with two attached hydrogens (primary N) is 1. The number of hydrogen-bond acceptors (Lipinski definition) is 3. The lowest BCUT2D eigenvalue weighted by Crippen LogP contribution is -2.00. The van der Waals surface area contributed by atoms with E-state index < -0.39 is 0 Å². The molecule has 0 saturated carbocycles. The molecule has 3 nitrogen and oxygen atoms in total. The second kappa shape index (κ2) is 8.00. The smallest absolute Gasteiger partial charge is 0.337 e. The van der Waals surface area contributed by atoms with E-state index in [0.29, 0.717) is 5.56 Å². The zero-order chi connectivity index (χ0) is 11.7. The molecule has 0 atom stereocenters. The molecule has 0 saturated heterocycles. The molecule has 84 valence electrons. The van der Waals surface area contributed by atoms with Crippen molar-refractivity contribution in [2.75, 3.05) is 14.2 Å². The quantitative estimate of drug-likeness (QED) is 0.775. The number of aryl methyl sites for hydroxylation is 1. The standard InChI is InChI=1S/C11H14O2.CH5N/c1-3-4-9-5-7-10(8-6-9)11(12)13-2;1-2/h5-8H,3-4H2,1-2H3;2H2,1H3. The molecule has 0 aliphatic carbocycles. The molecule has 0 fully saturated rings. The first-order valence-corrected chi connectivity index (χ1v) is 5.03. The van der Waals surface area contributed by atoms with Crippen molar-refractivity contribution in [3.8, 4) is 0 Å². The summed E-state index contributed by atoms with van der Waals surface area (Å²) in [6.07, 6.45) is 2.18. The van der Waals surface area contributed by atoms with Crippen LogP contribution in [0.5, 0.6) is 0 Å². The highest BCUT2D eigenvalue weighted by Gasteiger charge is 2.03. The summed E-state index contributed by atoms with van der Waals surface area (Å²) in [4.78, 5) is 11.1. The molecule has 15 heavy (non-hydrogen) atoms. The summed E-state index contributed by atoms with van der Waals surface area (Å²) in [7, 11) is 2.89. The lowest BCUT2D eigenvalue weighted by atomic mass is 10.1. The summed E-state index contributed by atoms with van der Waals surface area (Å²) in [5, 5.41) is 0. The van der Waals surface area contributed by atoms with Crippen LogP contribution in [0.3, 0.4) is 0 Å². The zero-order valence-corrected chi connectivity index (χ0v) is 9.62. The lowest BCUT2D eigenvalue weighted by Gasteiger charge is -2.00. The molecule has 3 heteroatoms. The molecule has 0 aromatic heterocycles. The molecular formula is C12H19NO2. The average molecular weight is 209 g/mol. The van der Waals surface area contributed by atoms with Crippen molar-refractivity contribution in [2.45, 2.75) is 19.8 Å². The van der Waals surface area contributed by atoms with Crippen LogP contribution in [-0.4, -0.2) is 20.1 Å². The summed E-state index contributed by atoms with van der Waals surface area (Å²) in [6.45, 7) is 2.13. The van der Waals surface area contributed by atoms with Crippen molar-refractivity contribution in [2.24, 2.45) is 5.73 Å². The monoisotopic (exact) mass is 209 g/mol. The van der Waals surface area contributed by atoms with Crippen molar-refractivity contribution >= 4 is 5.97 Å². The largest absolute Gasteiger partial charge is 0.465 e. The topological polar surface area (TPSA) is 52.3 Å². The minimum atomic E-state index is -0.275. The first-order valence-electron chi connectivity index (χ1n) is 5.03. The van der Waals surface area contributed by atoms with Crippen molar-refractivity contribution in [3.63, 3.8) is 0 Å². The predicted molar refractivity (Wildman–Crippen MR) is 61.9 cm³/mol. The third kappa shape index (κ3) is 4.61.